The van der Waals surface area contributed by atoms with Crippen molar-refractivity contribution < 1.29 is 19.7 Å². The van der Waals surface area contributed by atoms with Gasteiger partial charge < -0.3 is 20.3 Å². The van der Waals surface area contributed by atoms with Crippen molar-refractivity contribution in [3.05, 3.63) is 65.7 Å². The zero-order valence-electron chi connectivity index (χ0n) is 15.1. The summed E-state index contributed by atoms with van der Waals surface area (Å²) in [5, 5.41) is 22.8. The van der Waals surface area contributed by atoms with Gasteiger partial charge >= 0.3 is 0 Å². The van der Waals surface area contributed by atoms with E-state index in [2.05, 4.69) is 12.2 Å². The first-order valence-electron chi connectivity index (χ1n) is 8.97. The van der Waals surface area contributed by atoms with E-state index >= 15 is 0 Å². The third-order valence-corrected chi connectivity index (χ3v) is 3.98. The van der Waals surface area contributed by atoms with E-state index in [4.69, 9.17) is 4.74 Å². The van der Waals surface area contributed by atoms with Gasteiger partial charge in [-0.15, -0.1) is 0 Å². The summed E-state index contributed by atoms with van der Waals surface area (Å²) in [6.45, 7) is 3.37. The quantitative estimate of drug-likeness (QED) is 0.425. The molecule has 0 saturated heterocycles. The lowest BCUT2D eigenvalue weighted by molar-refractivity contribution is -0.00164. The van der Waals surface area contributed by atoms with Crippen LogP contribution in [0.15, 0.2) is 54.6 Å². The largest absolute Gasteiger partial charge is 0.508 e. The lowest BCUT2D eigenvalue weighted by Crippen LogP contribution is -2.35. The van der Waals surface area contributed by atoms with Gasteiger partial charge in [-0.2, -0.15) is 0 Å². The number of hydrogen-bond donors (Lipinski definition) is 3. The Bertz CT molecular complexity index is 675. The minimum Gasteiger partial charge on any atom is -0.508 e. The lowest BCUT2D eigenvalue weighted by Gasteiger charge is -2.20. The number of ether oxygens (including phenoxy) is 1. The van der Waals surface area contributed by atoms with Gasteiger partial charge in [-0.3, -0.25) is 4.79 Å². The van der Waals surface area contributed by atoms with Crippen LogP contribution < -0.4 is 5.32 Å². The van der Waals surface area contributed by atoms with Crippen LogP contribution in [0.3, 0.4) is 0 Å². The zero-order chi connectivity index (χ0) is 18.8. The van der Waals surface area contributed by atoms with Crippen molar-refractivity contribution in [2.75, 3.05) is 19.7 Å². The predicted octanol–water partition coefficient (Wildman–Crippen LogP) is 2.56. The van der Waals surface area contributed by atoms with Gasteiger partial charge in [0.15, 0.2) is 5.78 Å². The van der Waals surface area contributed by atoms with Gasteiger partial charge in [-0.05, 0) is 30.7 Å². The van der Waals surface area contributed by atoms with Crippen molar-refractivity contribution in [1.82, 2.24) is 5.32 Å². The molecule has 0 bridgehead atoms. The summed E-state index contributed by atoms with van der Waals surface area (Å²) in [6, 6.07) is 15.7. The third-order valence-electron chi connectivity index (χ3n) is 3.98. The number of benzene rings is 2. The van der Waals surface area contributed by atoms with Crippen LogP contribution in [0.25, 0.3) is 0 Å². The molecule has 0 spiro atoms. The molecule has 0 amide bonds. The average Bonchev–Trinajstić information content (AvgIpc) is 2.65. The molecule has 3 N–H and O–H groups in total. The van der Waals surface area contributed by atoms with E-state index in [1.807, 2.05) is 24.3 Å². The Balaban J connectivity index is 2.04. The zero-order valence-corrected chi connectivity index (χ0v) is 15.1. The molecule has 2 atom stereocenters. The van der Waals surface area contributed by atoms with E-state index < -0.39 is 12.2 Å². The number of phenolic OH excluding ortho intramolecular Hbond substituents is 1. The predicted molar refractivity (Wildman–Crippen MR) is 101 cm³/mol. The summed E-state index contributed by atoms with van der Waals surface area (Å²) in [4.78, 5) is 12.8. The van der Waals surface area contributed by atoms with Crippen LogP contribution in [-0.4, -0.2) is 47.9 Å². The van der Waals surface area contributed by atoms with Crippen molar-refractivity contribution in [1.29, 1.82) is 0 Å². The summed E-state index contributed by atoms with van der Waals surface area (Å²) in [5.74, 6) is 0.0138. The smallest absolute Gasteiger partial charge is 0.191 e. The summed E-state index contributed by atoms with van der Waals surface area (Å²) in [7, 11) is 0. The van der Waals surface area contributed by atoms with E-state index in [-0.39, 0.29) is 18.1 Å². The molecule has 0 fully saturated rings. The highest BCUT2D eigenvalue weighted by atomic mass is 16.5. The molecule has 0 aliphatic heterocycles. The molecule has 26 heavy (non-hydrogen) atoms. The molecule has 5 nitrogen and oxygen atoms in total. The number of Topliss-reactive ketones (excluding diaryl/α,β-unsaturated/α-hetero) is 1. The van der Waals surface area contributed by atoms with Gasteiger partial charge in [0.05, 0.1) is 12.7 Å². The number of ketones is 1. The number of rotatable bonds is 11. The van der Waals surface area contributed by atoms with Gasteiger partial charge in [0, 0.05) is 18.5 Å². The maximum absolute atomic E-state index is 12.8. The molecule has 0 aliphatic rings. The van der Waals surface area contributed by atoms with E-state index in [9.17, 15) is 15.0 Å². The first-order valence-corrected chi connectivity index (χ1v) is 8.97. The molecule has 0 saturated carbocycles. The molecular weight excluding hydrogens is 330 g/mol. The Labute approximate surface area is 154 Å². The van der Waals surface area contributed by atoms with E-state index in [1.165, 1.54) is 0 Å². The fourth-order valence-corrected chi connectivity index (χ4v) is 2.64. The standard InChI is InChI=1S/C21H27NO4/c1-2-11-22-14-19(24)15-26-20(13-16-7-6-10-18(23)12-16)21(25)17-8-4-3-5-9-17/h3-10,12,19-20,22-24H,2,11,13-15H2,1H3. The second-order valence-electron chi connectivity index (χ2n) is 6.28. The lowest BCUT2D eigenvalue weighted by atomic mass is 9.99. The first kappa shape index (κ1) is 20.1. The summed E-state index contributed by atoms with van der Waals surface area (Å²) in [5.41, 5.74) is 1.37. The number of aromatic hydroxyl groups is 1. The molecule has 0 radical (unpaired) electrons. The Morgan fingerprint density at radius 2 is 1.92 bits per heavy atom. The fourth-order valence-electron chi connectivity index (χ4n) is 2.64. The number of carbonyl (C=O) groups is 1. The van der Waals surface area contributed by atoms with Crippen LogP contribution in [0.1, 0.15) is 29.3 Å². The highest BCUT2D eigenvalue weighted by Gasteiger charge is 2.22. The van der Waals surface area contributed by atoms with Gasteiger partial charge in [-0.1, -0.05) is 49.4 Å². The molecule has 2 aromatic rings. The van der Waals surface area contributed by atoms with Crippen molar-refractivity contribution >= 4 is 5.78 Å². The molecule has 2 aromatic carbocycles. The molecule has 5 heteroatoms. The maximum atomic E-state index is 12.8. The fraction of sp³-hybridized carbons (Fsp3) is 0.381. The van der Waals surface area contributed by atoms with Gasteiger partial charge in [0.1, 0.15) is 11.9 Å². The Morgan fingerprint density at radius 3 is 2.62 bits per heavy atom. The topological polar surface area (TPSA) is 78.8 Å². The highest BCUT2D eigenvalue weighted by Crippen LogP contribution is 2.16. The Hall–Kier alpha value is -2.21. The summed E-state index contributed by atoms with van der Waals surface area (Å²) >= 11 is 0. The maximum Gasteiger partial charge on any atom is 0.191 e. The monoisotopic (exact) mass is 357 g/mol. The first-order chi connectivity index (χ1) is 12.6. The minimum atomic E-state index is -0.722. The number of aliphatic hydroxyl groups excluding tert-OH is 1. The van der Waals surface area contributed by atoms with Crippen LogP contribution in [0.4, 0.5) is 0 Å². The minimum absolute atomic E-state index is 0.0682. The number of hydrogen-bond acceptors (Lipinski definition) is 5. The third kappa shape index (κ3) is 6.59. The van der Waals surface area contributed by atoms with Gasteiger partial charge in [0.25, 0.3) is 0 Å². The number of nitrogens with one attached hydrogen (secondary N) is 1. The SMILES string of the molecule is CCCNCC(O)COC(Cc1cccc(O)c1)C(=O)c1ccccc1. The Morgan fingerprint density at radius 1 is 1.15 bits per heavy atom. The molecule has 0 aliphatic carbocycles. The van der Waals surface area contributed by atoms with Crippen molar-refractivity contribution in [2.45, 2.75) is 32.0 Å². The van der Waals surface area contributed by atoms with Crippen LogP contribution in [-0.2, 0) is 11.2 Å². The van der Waals surface area contributed by atoms with Crippen LogP contribution in [0.2, 0.25) is 0 Å². The van der Waals surface area contributed by atoms with Gasteiger partial charge in [-0.25, -0.2) is 0 Å². The second kappa shape index (κ2) is 10.7. The van der Waals surface area contributed by atoms with Crippen molar-refractivity contribution in [3.63, 3.8) is 0 Å². The van der Waals surface area contributed by atoms with Crippen LogP contribution in [0.5, 0.6) is 5.75 Å². The van der Waals surface area contributed by atoms with Crippen molar-refractivity contribution in [3.8, 4) is 5.75 Å². The number of phenols is 1. The van der Waals surface area contributed by atoms with Crippen molar-refractivity contribution in [2.24, 2.45) is 0 Å². The highest BCUT2D eigenvalue weighted by molar-refractivity contribution is 5.99. The number of aliphatic hydroxyl groups is 1. The molecule has 0 heterocycles. The van der Waals surface area contributed by atoms with Crippen LogP contribution >= 0.6 is 0 Å². The van der Waals surface area contributed by atoms with E-state index in [0.29, 0.717) is 18.5 Å². The van der Waals surface area contributed by atoms with Gasteiger partial charge in [0.2, 0.25) is 0 Å². The second-order valence-corrected chi connectivity index (χ2v) is 6.28. The van der Waals surface area contributed by atoms with E-state index in [0.717, 1.165) is 18.5 Å². The average molecular weight is 357 g/mol. The number of carbonyl (C=O) groups excluding carboxylic acids is 1. The molecule has 0 aromatic heterocycles. The molecule has 2 rings (SSSR count). The molecule has 140 valence electrons. The Kier molecular flexibility index (Phi) is 8.28. The van der Waals surface area contributed by atoms with E-state index in [1.54, 1.807) is 30.3 Å². The molecular formula is C21H27NO4. The van der Waals surface area contributed by atoms with Crippen LogP contribution in [0, 0.1) is 0 Å². The molecule has 2 unspecified atom stereocenters. The summed E-state index contributed by atoms with van der Waals surface area (Å²) < 4.78 is 5.77. The normalized spacial score (nSPS) is 13.3. The summed E-state index contributed by atoms with van der Waals surface area (Å²) in [6.07, 6.45) is -0.0888.